The van der Waals surface area contributed by atoms with Gasteiger partial charge < -0.3 is 5.32 Å². The molecule has 0 aliphatic carbocycles. The van der Waals surface area contributed by atoms with Gasteiger partial charge in [-0.2, -0.15) is 0 Å². The molecular formula is C8H12N2OS. The first-order valence-corrected chi connectivity index (χ1v) is 4.59. The first-order valence-electron chi connectivity index (χ1n) is 3.71. The van der Waals surface area contributed by atoms with Crippen LogP contribution >= 0.6 is 11.3 Å². The SMILES string of the molecule is CC(=O)NC(C)(C)c1nccs1. The van der Waals surface area contributed by atoms with Crippen molar-refractivity contribution in [3.8, 4) is 0 Å². The molecule has 4 heteroatoms. The summed E-state index contributed by atoms with van der Waals surface area (Å²) in [6.45, 7) is 5.38. The number of hydrogen-bond acceptors (Lipinski definition) is 3. The van der Waals surface area contributed by atoms with E-state index in [1.807, 2.05) is 19.2 Å². The van der Waals surface area contributed by atoms with Crippen LogP contribution in [0.3, 0.4) is 0 Å². The van der Waals surface area contributed by atoms with Gasteiger partial charge >= 0.3 is 0 Å². The Balaban J connectivity index is 2.79. The average molecular weight is 184 g/mol. The summed E-state index contributed by atoms with van der Waals surface area (Å²) >= 11 is 1.55. The summed E-state index contributed by atoms with van der Waals surface area (Å²) < 4.78 is 0. The van der Waals surface area contributed by atoms with Gasteiger partial charge in [-0.25, -0.2) is 4.98 Å². The van der Waals surface area contributed by atoms with Gasteiger partial charge in [-0.1, -0.05) is 0 Å². The maximum atomic E-state index is 10.8. The van der Waals surface area contributed by atoms with Gasteiger partial charge in [0.05, 0.1) is 5.54 Å². The van der Waals surface area contributed by atoms with Crippen molar-refractivity contribution in [2.75, 3.05) is 0 Å². The number of thiazole rings is 1. The zero-order valence-corrected chi connectivity index (χ0v) is 8.23. The molecule has 0 saturated heterocycles. The number of nitrogens with one attached hydrogen (secondary N) is 1. The van der Waals surface area contributed by atoms with Gasteiger partial charge in [-0.3, -0.25) is 4.79 Å². The zero-order chi connectivity index (χ0) is 9.19. The fourth-order valence-corrected chi connectivity index (χ4v) is 1.74. The summed E-state index contributed by atoms with van der Waals surface area (Å²) in [5.41, 5.74) is -0.347. The smallest absolute Gasteiger partial charge is 0.217 e. The van der Waals surface area contributed by atoms with Crippen LogP contribution in [0.15, 0.2) is 11.6 Å². The van der Waals surface area contributed by atoms with Crippen LogP contribution in [0.2, 0.25) is 0 Å². The molecule has 0 aliphatic rings. The number of rotatable bonds is 2. The summed E-state index contributed by atoms with van der Waals surface area (Å²) in [6.07, 6.45) is 1.74. The van der Waals surface area contributed by atoms with Crippen LogP contribution in [-0.4, -0.2) is 10.9 Å². The molecule has 0 radical (unpaired) electrons. The molecule has 0 aromatic carbocycles. The van der Waals surface area contributed by atoms with Crippen molar-refractivity contribution >= 4 is 17.2 Å². The number of carbonyl (C=O) groups is 1. The third-order valence-electron chi connectivity index (χ3n) is 1.46. The van der Waals surface area contributed by atoms with Crippen LogP contribution in [-0.2, 0) is 10.3 Å². The molecule has 0 unspecified atom stereocenters. The average Bonchev–Trinajstić information content (AvgIpc) is 2.32. The van der Waals surface area contributed by atoms with Crippen molar-refractivity contribution in [1.82, 2.24) is 10.3 Å². The lowest BCUT2D eigenvalue weighted by Crippen LogP contribution is -2.39. The number of nitrogens with zero attached hydrogens (tertiary/aromatic N) is 1. The molecule has 12 heavy (non-hydrogen) atoms. The first kappa shape index (κ1) is 9.19. The summed E-state index contributed by atoms with van der Waals surface area (Å²) in [4.78, 5) is 15.0. The fourth-order valence-electron chi connectivity index (χ4n) is 1.03. The van der Waals surface area contributed by atoms with Crippen LogP contribution in [0, 0.1) is 0 Å². The minimum atomic E-state index is -0.347. The van der Waals surface area contributed by atoms with E-state index in [9.17, 15) is 4.79 Å². The van der Waals surface area contributed by atoms with Crippen molar-refractivity contribution in [1.29, 1.82) is 0 Å². The predicted molar refractivity (Wildman–Crippen MR) is 49.0 cm³/mol. The van der Waals surface area contributed by atoms with E-state index in [-0.39, 0.29) is 11.4 Å². The van der Waals surface area contributed by atoms with Crippen LogP contribution in [0.5, 0.6) is 0 Å². The van der Waals surface area contributed by atoms with Crippen molar-refractivity contribution < 1.29 is 4.79 Å². The Morgan fingerprint density at radius 1 is 1.67 bits per heavy atom. The molecular weight excluding hydrogens is 172 g/mol. The Morgan fingerprint density at radius 2 is 2.33 bits per heavy atom. The number of carbonyl (C=O) groups excluding carboxylic acids is 1. The highest BCUT2D eigenvalue weighted by molar-refractivity contribution is 7.09. The van der Waals surface area contributed by atoms with Crippen LogP contribution < -0.4 is 5.32 Å². The van der Waals surface area contributed by atoms with Gasteiger partial charge in [-0.15, -0.1) is 11.3 Å². The van der Waals surface area contributed by atoms with Crippen molar-refractivity contribution in [2.24, 2.45) is 0 Å². The van der Waals surface area contributed by atoms with Gasteiger partial charge in [-0.05, 0) is 13.8 Å². The van der Waals surface area contributed by atoms with E-state index in [0.717, 1.165) is 5.01 Å². The van der Waals surface area contributed by atoms with Gasteiger partial charge in [0.15, 0.2) is 0 Å². The topological polar surface area (TPSA) is 42.0 Å². The normalized spacial score (nSPS) is 11.2. The summed E-state index contributed by atoms with van der Waals surface area (Å²) in [7, 11) is 0. The molecule has 0 fully saturated rings. The molecule has 1 heterocycles. The third-order valence-corrected chi connectivity index (χ3v) is 2.55. The van der Waals surface area contributed by atoms with Crippen molar-refractivity contribution in [3.63, 3.8) is 0 Å². The maximum Gasteiger partial charge on any atom is 0.217 e. The van der Waals surface area contributed by atoms with Crippen molar-refractivity contribution in [2.45, 2.75) is 26.3 Å². The third kappa shape index (κ3) is 2.04. The molecule has 1 aromatic heterocycles. The molecule has 0 spiro atoms. The van der Waals surface area contributed by atoms with Crippen molar-refractivity contribution in [3.05, 3.63) is 16.6 Å². The van der Waals surface area contributed by atoms with Gasteiger partial charge in [0.25, 0.3) is 0 Å². The standard InChI is InChI=1S/C8H12N2OS/c1-6(11)10-8(2,3)7-9-4-5-12-7/h4-5H,1-3H3,(H,10,11). The molecule has 0 atom stereocenters. The lowest BCUT2D eigenvalue weighted by atomic mass is 10.1. The summed E-state index contributed by atoms with van der Waals surface area (Å²) in [5.74, 6) is -0.0322. The highest BCUT2D eigenvalue weighted by atomic mass is 32.1. The maximum absolute atomic E-state index is 10.8. The Kier molecular flexibility index (Phi) is 2.47. The van der Waals surface area contributed by atoms with E-state index in [1.165, 1.54) is 6.92 Å². The Morgan fingerprint density at radius 3 is 2.75 bits per heavy atom. The zero-order valence-electron chi connectivity index (χ0n) is 7.42. The van der Waals surface area contributed by atoms with E-state index in [2.05, 4.69) is 10.3 Å². The molecule has 0 aliphatic heterocycles. The van der Waals surface area contributed by atoms with E-state index in [1.54, 1.807) is 17.5 Å². The van der Waals surface area contributed by atoms with Gasteiger partial charge in [0.1, 0.15) is 5.01 Å². The quantitative estimate of drug-likeness (QED) is 0.757. The molecule has 66 valence electrons. The second kappa shape index (κ2) is 3.23. The Bertz CT molecular complexity index is 267. The minimum Gasteiger partial charge on any atom is -0.345 e. The van der Waals surface area contributed by atoms with Crippen LogP contribution in [0.4, 0.5) is 0 Å². The Labute approximate surface area is 75.8 Å². The predicted octanol–water partition coefficient (Wildman–Crippen LogP) is 1.51. The highest BCUT2D eigenvalue weighted by Gasteiger charge is 2.23. The highest BCUT2D eigenvalue weighted by Crippen LogP contribution is 2.21. The van der Waals surface area contributed by atoms with Gasteiger partial charge in [0.2, 0.25) is 5.91 Å². The second-order valence-electron chi connectivity index (χ2n) is 3.14. The molecule has 0 bridgehead atoms. The van der Waals surface area contributed by atoms with E-state index >= 15 is 0 Å². The second-order valence-corrected chi connectivity index (χ2v) is 4.04. The number of aromatic nitrogens is 1. The fraction of sp³-hybridized carbons (Fsp3) is 0.500. The van der Waals surface area contributed by atoms with E-state index in [0.29, 0.717) is 0 Å². The lowest BCUT2D eigenvalue weighted by molar-refractivity contribution is -0.120. The van der Waals surface area contributed by atoms with Crippen LogP contribution in [0.1, 0.15) is 25.8 Å². The lowest BCUT2D eigenvalue weighted by Gasteiger charge is -2.22. The summed E-state index contributed by atoms with van der Waals surface area (Å²) in [5, 5.41) is 5.66. The molecule has 0 saturated carbocycles. The molecule has 1 rings (SSSR count). The molecule has 1 amide bonds. The molecule has 1 N–H and O–H groups in total. The summed E-state index contributed by atoms with van der Waals surface area (Å²) in [6, 6.07) is 0. The minimum absolute atomic E-state index is 0.0322. The van der Waals surface area contributed by atoms with Crippen LogP contribution in [0.25, 0.3) is 0 Å². The molecule has 3 nitrogen and oxygen atoms in total. The monoisotopic (exact) mass is 184 g/mol. The number of hydrogen-bond donors (Lipinski definition) is 1. The Hall–Kier alpha value is -0.900. The first-order chi connectivity index (χ1) is 5.52. The van der Waals surface area contributed by atoms with E-state index in [4.69, 9.17) is 0 Å². The molecule has 1 aromatic rings. The van der Waals surface area contributed by atoms with E-state index < -0.39 is 0 Å². The van der Waals surface area contributed by atoms with Gasteiger partial charge in [0, 0.05) is 18.5 Å². The number of amides is 1. The largest absolute Gasteiger partial charge is 0.345 e.